The minimum Gasteiger partial charge on any atom is -0.365 e. The van der Waals surface area contributed by atoms with Gasteiger partial charge in [-0.1, -0.05) is 12.2 Å². The number of ether oxygens (including phenoxy) is 1. The first-order chi connectivity index (χ1) is 4.79. The third-order valence-corrected chi connectivity index (χ3v) is 2.22. The number of ketones is 1. The number of fused-ring (bicyclic) bond motifs is 1. The fourth-order valence-corrected chi connectivity index (χ4v) is 1.46. The molecule has 0 aromatic carbocycles. The molecule has 0 bridgehead atoms. The third kappa shape index (κ3) is 0.421. The molecular weight excluding hydrogens is 128 g/mol. The maximum absolute atomic E-state index is 11.1. The molecule has 10 heavy (non-hydrogen) atoms. The van der Waals surface area contributed by atoms with Crippen molar-refractivity contribution in [2.45, 2.75) is 5.60 Å². The Hall–Kier alpha value is -0.890. The number of carbonyl (C=O) groups is 1. The van der Waals surface area contributed by atoms with E-state index in [2.05, 4.69) is 0 Å². The highest BCUT2D eigenvalue weighted by atomic mass is 16.5. The molecule has 2 nitrogen and oxygen atoms in total. The van der Waals surface area contributed by atoms with Crippen molar-refractivity contribution in [3.63, 3.8) is 0 Å². The maximum Gasteiger partial charge on any atom is 0.192 e. The van der Waals surface area contributed by atoms with Crippen LogP contribution in [0.25, 0.3) is 0 Å². The SMILES string of the molecule is CO[C@@]12C=C[C@@H]1C=CC2=O. The van der Waals surface area contributed by atoms with Crippen molar-refractivity contribution < 1.29 is 9.53 Å². The van der Waals surface area contributed by atoms with Crippen LogP contribution < -0.4 is 0 Å². The summed E-state index contributed by atoms with van der Waals surface area (Å²) in [4.78, 5) is 11.1. The van der Waals surface area contributed by atoms with E-state index in [1.54, 1.807) is 13.2 Å². The predicted molar refractivity (Wildman–Crippen MR) is 36.5 cm³/mol. The largest absolute Gasteiger partial charge is 0.365 e. The molecule has 2 atom stereocenters. The van der Waals surface area contributed by atoms with Gasteiger partial charge in [0.05, 0.1) is 0 Å². The van der Waals surface area contributed by atoms with Crippen LogP contribution in [0.4, 0.5) is 0 Å². The van der Waals surface area contributed by atoms with E-state index in [0.29, 0.717) is 0 Å². The van der Waals surface area contributed by atoms with Gasteiger partial charge in [0.2, 0.25) is 0 Å². The average Bonchev–Trinajstić information content (AvgIpc) is 2.06. The van der Waals surface area contributed by atoms with Crippen LogP contribution in [-0.4, -0.2) is 18.5 Å². The summed E-state index contributed by atoms with van der Waals surface area (Å²) in [7, 11) is 1.57. The van der Waals surface area contributed by atoms with Gasteiger partial charge >= 0.3 is 0 Å². The van der Waals surface area contributed by atoms with Gasteiger partial charge in [-0.05, 0) is 12.2 Å². The van der Waals surface area contributed by atoms with Crippen molar-refractivity contribution in [2.75, 3.05) is 7.11 Å². The zero-order chi connectivity index (χ0) is 7.19. The monoisotopic (exact) mass is 136 g/mol. The molecule has 0 radical (unpaired) electrons. The Kier molecular flexibility index (Phi) is 0.926. The van der Waals surface area contributed by atoms with Crippen LogP contribution in [-0.2, 0) is 9.53 Å². The van der Waals surface area contributed by atoms with E-state index >= 15 is 0 Å². The standard InChI is InChI=1S/C8H8O2/c1-10-8-5-4-6(8)2-3-7(8)9/h2-6H,1H3/t6-,8-/m0/s1. The Morgan fingerprint density at radius 2 is 2.40 bits per heavy atom. The van der Waals surface area contributed by atoms with E-state index in [-0.39, 0.29) is 11.7 Å². The summed E-state index contributed by atoms with van der Waals surface area (Å²) in [5.74, 6) is 0.271. The smallest absolute Gasteiger partial charge is 0.192 e. The summed E-state index contributed by atoms with van der Waals surface area (Å²) in [5, 5.41) is 0. The van der Waals surface area contributed by atoms with Crippen LogP contribution in [0.15, 0.2) is 24.3 Å². The van der Waals surface area contributed by atoms with Gasteiger partial charge < -0.3 is 4.74 Å². The highest BCUT2D eigenvalue weighted by Gasteiger charge is 2.49. The number of rotatable bonds is 1. The summed E-state index contributed by atoms with van der Waals surface area (Å²) in [6.45, 7) is 0. The Bertz CT molecular complexity index is 240. The van der Waals surface area contributed by atoms with E-state index in [9.17, 15) is 4.79 Å². The molecule has 0 spiro atoms. The van der Waals surface area contributed by atoms with Crippen molar-refractivity contribution in [3.8, 4) is 0 Å². The molecule has 2 aliphatic carbocycles. The van der Waals surface area contributed by atoms with Gasteiger partial charge in [-0.3, -0.25) is 4.79 Å². The summed E-state index contributed by atoms with van der Waals surface area (Å²) < 4.78 is 5.11. The Morgan fingerprint density at radius 1 is 1.60 bits per heavy atom. The highest BCUT2D eigenvalue weighted by Crippen LogP contribution is 2.39. The Labute approximate surface area is 59.2 Å². The van der Waals surface area contributed by atoms with Gasteiger partial charge in [-0.25, -0.2) is 0 Å². The van der Waals surface area contributed by atoms with Crippen molar-refractivity contribution in [3.05, 3.63) is 24.3 Å². The minimum atomic E-state index is -0.597. The minimum absolute atomic E-state index is 0.0718. The summed E-state index contributed by atoms with van der Waals surface area (Å²) in [5.41, 5.74) is -0.597. The molecule has 0 unspecified atom stereocenters. The summed E-state index contributed by atoms with van der Waals surface area (Å²) >= 11 is 0. The molecule has 0 aliphatic heterocycles. The lowest BCUT2D eigenvalue weighted by Gasteiger charge is -2.34. The van der Waals surface area contributed by atoms with Gasteiger partial charge in [0.15, 0.2) is 11.4 Å². The average molecular weight is 136 g/mol. The molecule has 0 aromatic heterocycles. The number of methoxy groups -OCH3 is 1. The van der Waals surface area contributed by atoms with E-state index in [4.69, 9.17) is 4.74 Å². The number of carbonyl (C=O) groups excluding carboxylic acids is 1. The Morgan fingerprint density at radius 3 is 2.70 bits per heavy atom. The quantitative estimate of drug-likeness (QED) is 0.496. The first kappa shape index (κ1) is 5.86. The van der Waals surface area contributed by atoms with Crippen molar-refractivity contribution in [1.82, 2.24) is 0 Å². The second-order valence-electron chi connectivity index (χ2n) is 2.61. The Balaban J connectivity index is 2.40. The summed E-state index contributed by atoms with van der Waals surface area (Å²) in [6, 6.07) is 0. The molecule has 2 heteroatoms. The number of hydrogen-bond acceptors (Lipinski definition) is 2. The fourth-order valence-electron chi connectivity index (χ4n) is 1.46. The second-order valence-corrected chi connectivity index (χ2v) is 2.61. The zero-order valence-corrected chi connectivity index (χ0v) is 5.70. The van der Waals surface area contributed by atoms with Crippen molar-refractivity contribution in [1.29, 1.82) is 0 Å². The summed E-state index contributed by atoms with van der Waals surface area (Å²) in [6.07, 6.45) is 7.27. The molecule has 0 N–H and O–H groups in total. The topological polar surface area (TPSA) is 26.3 Å². The first-order valence-electron chi connectivity index (χ1n) is 3.27. The van der Waals surface area contributed by atoms with E-state index in [1.807, 2.05) is 18.2 Å². The van der Waals surface area contributed by atoms with Gasteiger partial charge in [-0.2, -0.15) is 0 Å². The van der Waals surface area contributed by atoms with Crippen LogP contribution >= 0.6 is 0 Å². The molecule has 0 amide bonds. The molecule has 0 heterocycles. The van der Waals surface area contributed by atoms with E-state index in [1.165, 1.54) is 0 Å². The van der Waals surface area contributed by atoms with E-state index < -0.39 is 5.60 Å². The molecule has 2 rings (SSSR count). The van der Waals surface area contributed by atoms with Crippen LogP contribution in [0.1, 0.15) is 0 Å². The first-order valence-corrected chi connectivity index (χ1v) is 3.27. The molecule has 0 saturated heterocycles. The van der Waals surface area contributed by atoms with Crippen LogP contribution in [0.2, 0.25) is 0 Å². The molecular formula is C8H8O2. The second kappa shape index (κ2) is 1.58. The van der Waals surface area contributed by atoms with Gasteiger partial charge in [0, 0.05) is 13.0 Å². The molecule has 0 fully saturated rings. The van der Waals surface area contributed by atoms with Crippen LogP contribution in [0.3, 0.4) is 0 Å². The molecule has 0 aromatic rings. The number of hydrogen-bond donors (Lipinski definition) is 0. The third-order valence-electron chi connectivity index (χ3n) is 2.22. The molecule has 0 saturated carbocycles. The van der Waals surface area contributed by atoms with E-state index in [0.717, 1.165) is 0 Å². The lowest BCUT2D eigenvalue weighted by atomic mass is 9.79. The molecule has 2 aliphatic rings. The zero-order valence-electron chi connectivity index (χ0n) is 5.70. The lowest BCUT2D eigenvalue weighted by Crippen LogP contribution is -2.45. The van der Waals surface area contributed by atoms with Gasteiger partial charge in [0.25, 0.3) is 0 Å². The molecule has 52 valence electrons. The van der Waals surface area contributed by atoms with Crippen LogP contribution in [0.5, 0.6) is 0 Å². The van der Waals surface area contributed by atoms with Crippen LogP contribution in [0, 0.1) is 5.92 Å². The van der Waals surface area contributed by atoms with Crippen molar-refractivity contribution in [2.24, 2.45) is 5.92 Å². The van der Waals surface area contributed by atoms with Gasteiger partial charge in [-0.15, -0.1) is 0 Å². The van der Waals surface area contributed by atoms with Crippen molar-refractivity contribution >= 4 is 5.78 Å². The highest BCUT2D eigenvalue weighted by molar-refractivity contribution is 6.03. The normalized spacial score (nSPS) is 41.7. The fraction of sp³-hybridized carbons (Fsp3) is 0.375. The van der Waals surface area contributed by atoms with Gasteiger partial charge in [0.1, 0.15) is 0 Å². The predicted octanol–water partition coefficient (Wildman–Crippen LogP) is 0.697. The maximum atomic E-state index is 11.1. The lowest BCUT2D eigenvalue weighted by molar-refractivity contribution is -0.132.